The summed E-state index contributed by atoms with van der Waals surface area (Å²) in [5.41, 5.74) is 5.23. The van der Waals surface area contributed by atoms with Crippen LogP contribution < -0.4 is 5.73 Å². The fraction of sp³-hybridized carbons (Fsp3) is 0.700. The van der Waals surface area contributed by atoms with Gasteiger partial charge in [-0.3, -0.25) is 13.8 Å². The van der Waals surface area contributed by atoms with Crippen LogP contribution in [0.1, 0.15) is 6.92 Å². The molecule has 0 aliphatic rings. The standard InChI is InChI=1S/C10H20NO8P/c1-3-4-17-6-8(5-12)19-20(15,16)18-7(2)9(11)10(13)14/h3,7-9,12H,1,4-6,11H2,2H3,(H,13,14)(H,15,16)/t7-,8+,9+/m1/s1. The minimum absolute atomic E-state index is 0.157. The number of rotatable bonds is 11. The van der Waals surface area contributed by atoms with Gasteiger partial charge in [-0.25, -0.2) is 4.57 Å². The summed E-state index contributed by atoms with van der Waals surface area (Å²) < 4.78 is 25.9. The van der Waals surface area contributed by atoms with Gasteiger partial charge in [-0.15, -0.1) is 6.58 Å². The molecular formula is C10H20NO8P. The average molecular weight is 313 g/mol. The van der Waals surface area contributed by atoms with Gasteiger partial charge < -0.3 is 25.6 Å². The predicted octanol–water partition coefficient (Wildman–Crippen LogP) is -0.516. The molecule has 5 N–H and O–H groups in total. The third-order valence-electron chi connectivity index (χ3n) is 2.12. The first-order valence-electron chi connectivity index (χ1n) is 5.71. The van der Waals surface area contributed by atoms with Crippen LogP contribution in [0.5, 0.6) is 0 Å². The van der Waals surface area contributed by atoms with Crippen LogP contribution in [0.25, 0.3) is 0 Å². The minimum Gasteiger partial charge on any atom is -0.480 e. The van der Waals surface area contributed by atoms with Crippen LogP contribution in [0, 0.1) is 0 Å². The van der Waals surface area contributed by atoms with Crippen LogP contribution >= 0.6 is 7.82 Å². The molecule has 0 amide bonds. The van der Waals surface area contributed by atoms with Gasteiger partial charge in [0.05, 0.1) is 25.9 Å². The van der Waals surface area contributed by atoms with Crippen molar-refractivity contribution in [2.24, 2.45) is 5.73 Å². The molecule has 9 nitrogen and oxygen atoms in total. The van der Waals surface area contributed by atoms with E-state index in [1.54, 1.807) is 0 Å². The molecule has 0 rings (SSSR count). The van der Waals surface area contributed by atoms with E-state index in [0.717, 1.165) is 0 Å². The molecule has 0 bridgehead atoms. The number of carboxylic acids is 1. The monoisotopic (exact) mass is 313 g/mol. The highest BCUT2D eigenvalue weighted by Gasteiger charge is 2.33. The summed E-state index contributed by atoms with van der Waals surface area (Å²) in [6, 6.07) is -1.48. The lowest BCUT2D eigenvalue weighted by molar-refractivity contribution is -0.140. The maximum absolute atomic E-state index is 11.6. The van der Waals surface area contributed by atoms with Crippen molar-refractivity contribution in [1.82, 2.24) is 0 Å². The van der Waals surface area contributed by atoms with E-state index in [1.165, 1.54) is 13.0 Å². The van der Waals surface area contributed by atoms with Gasteiger partial charge in [-0.1, -0.05) is 6.08 Å². The summed E-state index contributed by atoms with van der Waals surface area (Å²) in [4.78, 5) is 20.0. The molecule has 1 unspecified atom stereocenters. The van der Waals surface area contributed by atoms with E-state index in [9.17, 15) is 14.3 Å². The molecule has 0 saturated heterocycles. The summed E-state index contributed by atoms with van der Waals surface area (Å²) in [7, 11) is -4.57. The minimum atomic E-state index is -4.57. The number of phosphoric acid groups is 1. The summed E-state index contributed by atoms with van der Waals surface area (Å²) in [5, 5.41) is 17.6. The molecule has 0 fully saturated rings. The Morgan fingerprint density at radius 3 is 2.55 bits per heavy atom. The molecule has 0 radical (unpaired) electrons. The van der Waals surface area contributed by atoms with Crippen LogP contribution in [-0.2, 0) is 23.1 Å². The molecule has 0 aromatic carbocycles. The zero-order chi connectivity index (χ0) is 15.8. The first kappa shape index (κ1) is 19.2. The Balaban J connectivity index is 4.43. The predicted molar refractivity (Wildman–Crippen MR) is 69.0 cm³/mol. The first-order valence-corrected chi connectivity index (χ1v) is 7.20. The molecule has 0 saturated carbocycles. The SMILES string of the molecule is C=CCOC[C@H](CO)OP(=O)(O)O[C@H](C)[C@H](N)C(=O)O. The molecule has 0 heterocycles. The Hall–Kier alpha value is -0.800. The number of carboxylic acid groups (broad SMARTS) is 1. The zero-order valence-corrected chi connectivity index (χ0v) is 11.9. The van der Waals surface area contributed by atoms with E-state index in [-0.39, 0.29) is 13.2 Å². The molecule has 4 atom stereocenters. The van der Waals surface area contributed by atoms with E-state index in [0.29, 0.717) is 0 Å². The lowest BCUT2D eigenvalue weighted by atomic mass is 10.2. The number of phosphoric ester groups is 1. The number of carbonyl (C=O) groups is 1. The van der Waals surface area contributed by atoms with E-state index in [1.807, 2.05) is 0 Å². The molecule has 0 aromatic rings. The maximum Gasteiger partial charge on any atom is 0.472 e. The van der Waals surface area contributed by atoms with Gasteiger partial charge in [-0.2, -0.15) is 0 Å². The lowest BCUT2D eigenvalue weighted by Gasteiger charge is -2.23. The third-order valence-corrected chi connectivity index (χ3v) is 3.28. The summed E-state index contributed by atoms with van der Waals surface area (Å²) in [5.74, 6) is -1.38. The molecule has 20 heavy (non-hydrogen) atoms. The highest BCUT2D eigenvalue weighted by Crippen LogP contribution is 2.46. The Morgan fingerprint density at radius 2 is 2.10 bits per heavy atom. The van der Waals surface area contributed by atoms with Crippen LogP contribution in [-0.4, -0.2) is 59.1 Å². The van der Waals surface area contributed by atoms with E-state index < -0.39 is 38.6 Å². The molecule has 0 aromatic heterocycles. The quantitative estimate of drug-likeness (QED) is 0.224. The van der Waals surface area contributed by atoms with Gasteiger partial charge in [0.25, 0.3) is 0 Å². The maximum atomic E-state index is 11.6. The summed E-state index contributed by atoms with van der Waals surface area (Å²) in [6.45, 7) is 4.06. The molecule has 10 heteroatoms. The second-order valence-corrected chi connectivity index (χ2v) is 5.24. The molecule has 0 spiro atoms. The van der Waals surface area contributed by atoms with E-state index in [2.05, 4.69) is 15.6 Å². The Labute approximate surface area is 116 Å². The van der Waals surface area contributed by atoms with Crippen LogP contribution in [0.2, 0.25) is 0 Å². The van der Waals surface area contributed by atoms with Crippen LogP contribution in [0.15, 0.2) is 12.7 Å². The van der Waals surface area contributed by atoms with Crippen molar-refractivity contribution in [3.05, 3.63) is 12.7 Å². The van der Waals surface area contributed by atoms with Crippen LogP contribution in [0.4, 0.5) is 0 Å². The average Bonchev–Trinajstić information content (AvgIpc) is 2.35. The van der Waals surface area contributed by atoms with Gasteiger partial charge in [-0.05, 0) is 6.92 Å². The number of hydrogen-bond acceptors (Lipinski definition) is 7. The fourth-order valence-electron chi connectivity index (χ4n) is 1.09. The van der Waals surface area contributed by atoms with Gasteiger partial charge in [0.2, 0.25) is 0 Å². The Morgan fingerprint density at radius 1 is 1.50 bits per heavy atom. The number of aliphatic hydroxyl groups excluding tert-OH is 1. The van der Waals surface area contributed by atoms with Crippen molar-refractivity contribution in [2.75, 3.05) is 19.8 Å². The number of hydrogen-bond donors (Lipinski definition) is 4. The van der Waals surface area contributed by atoms with Gasteiger partial charge in [0, 0.05) is 0 Å². The van der Waals surface area contributed by atoms with Crippen molar-refractivity contribution in [3.8, 4) is 0 Å². The Bertz CT molecular complexity index is 363. The van der Waals surface area contributed by atoms with Crippen molar-refractivity contribution in [2.45, 2.75) is 25.2 Å². The Kier molecular flexibility index (Phi) is 8.83. The molecule has 118 valence electrons. The van der Waals surface area contributed by atoms with Crippen molar-refractivity contribution in [3.63, 3.8) is 0 Å². The van der Waals surface area contributed by atoms with Gasteiger partial charge in [0.1, 0.15) is 12.1 Å². The third kappa shape index (κ3) is 7.71. The second-order valence-electron chi connectivity index (χ2n) is 3.88. The van der Waals surface area contributed by atoms with Crippen molar-refractivity contribution < 1.29 is 38.3 Å². The number of aliphatic carboxylic acids is 1. The van der Waals surface area contributed by atoms with Crippen molar-refractivity contribution >= 4 is 13.8 Å². The fourth-order valence-corrected chi connectivity index (χ4v) is 2.19. The molecular weight excluding hydrogens is 293 g/mol. The number of aliphatic hydroxyl groups is 1. The van der Waals surface area contributed by atoms with Gasteiger partial charge in [0.15, 0.2) is 0 Å². The van der Waals surface area contributed by atoms with Crippen molar-refractivity contribution in [1.29, 1.82) is 0 Å². The highest BCUT2D eigenvalue weighted by atomic mass is 31.2. The largest absolute Gasteiger partial charge is 0.480 e. The van der Waals surface area contributed by atoms with Crippen LogP contribution in [0.3, 0.4) is 0 Å². The zero-order valence-electron chi connectivity index (χ0n) is 11.0. The summed E-state index contributed by atoms with van der Waals surface area (Å²) in [6.07, 6.45) is -0.895. The normalized spacial score (nSPS) is 18.8. The first-order chi connectivity index (χ1) is 9.23. The van der Waals surface area contributed by atoms with E-state index in [4.69, 9.17) is 20.7 Å². The number of nitrogens with two attached hydrogens (primary N) is 1. The number of ether oxygens (including phenoxy) is 1. The van der Waals surface area contributed by atoms with E-state index >= 15 is 0 Å². The highest BCUT2D eigenvalue weighted by molar-refractivity contribution is 7.47. The second kappa shape index (κ2) is 9.19. The molecule has 0 aliphatic carbocycles. The summed E-state index contributed by atoms with van der Waals surface area (Å²) >= 11 is 0. The topological polar surface area (TPSA) is 149 Å². The lowest BCUT2D eigenvalue weighted by Crippen LogP contribution is -2.41. The van der Waals surface area contributed by atoms with Gasteiger partial charge >= 0.3 is 13.8 Å². The molecule has 0 aliphatic heterocycles. The smallest absolute Gasteiger partial charge is 0.472 e.